The van der Waals surface area contributed by atoms with Crippen LogP contribution < -0.4 is 10.2 Å². The lowest BCUT2D eigenvalue weighted by atomic mass is 10.0. The second-order valence-corrected chi connectivity index (χ2v) is 4.94. The highest BCUT2D eigenvalue weighted by Gasteiger charge is 2.19. The number of hydrazone groups is 1. The van der Waals surface area contributed by atoms with E-state index in [2.05, 4.69) is 10.5 Å². The third kappa shape index (κ3) is 4.17. The van der Waals surface area contributed by atoms with Crippen LogP contribution in [0.2, 0.25) is 0 Å². The van der Waals surface area contributed by atoms with Crippen molar-refractivity contribution in [2.75, 3.05) is 7.11 Å². The van der Waals surface area contributed by atoms with Gasteiger partial charge in [0.1, 0.15) is 5.75 Å². The molecule has 1 atom stereocenters. The molecule has 0 aromatic heterocycles. The molecular weight excluding hydrogens is 290 g/mol. The van der Waals surface area contributed by atoms with Crippen molar-refractivity contribution in [3.8, 4) is 11.8 Å². The van der Waals surface area contributed by atoms with Crippen LogP contribution in [0.1, 0.15) is 22.6 Å². The number of aryl methyl sites for hydroxylation is 1. The van der Waals surface area contributed by atoms with Gasteiger partial charge in [-0.3, -0.25) is 4.79 Å². The molecule has 0 fully saturated rings. The summed E-state index contributed by atoms with van der Waals surface area (Å²) in [5, 5.41) is 13.1. The quantitative estimate of drug-likeness (QED) is 0.682. The standard InChI is InChI=1S/C18H17N3O2/c1-13-10-14(8-9-17(13)23-2)12-20-21-18(22)16(11-19)15-6-4-3-5-7-15/h3-10,12,16H,1-2H3,(H,21,22)/b20-12-/t16-/m0/s1. The first-order chi connectivity index (χ1) is 11.2. The molecule has 0 aliphatic carbocycles. The van der Waals surface area contributed by atoms with Crippen LogP contribution in [-0.2, 0) is 4.79 Å². The molecule has 1 N–H and O–H groups in total. The third-order valence-electron chi connectivity index (χ3n) is 3.33. The summed E-state index contributed by atoms with van der Waals surface area (Å²) in [4.78, 5) is 12.1. The lowest BCUT2D eigenvalue weighted by Gasteiger charge is -2.07. The van der Waals surface area contributed by atoms with Crippen LogP contribution in [-0.4, -0.2) is 19.2 Å². The van der Waals surface area contributed by atoms with E-state index in [1.807, 2.05) is 37.3 Å². The summed E-state index contributed by atoms with van der Waals surface area (Å²) in [5.74, 6) is -0.550. The monoisotopic (exact) mass is 307 g/mol. The van der Waals surface area contributed by atoms with Gasteiger partial charge >= 0.3 is 0 Å². The number of carbonyl (C=O) groups is 1. The minimum absolute atomic E-state index is 0.458. The fourth-order valence-electron chi connectivity index (χ4n) is 2.15. The fraction of sp³-hybridized carbons (Fsp3) is 0.167. The summed E-state index contributed by atoms with van der Waals surface area (Å²) in [5.41, 5.74) is 4.85. The van der Waals surface area contributed by atoms with Gasteiger partial charge in [-0.1, -0.05) is 30.3 Å². The van der Waals surface area contributed by atoms with Gasteiger partial charge in [0.25, 0.3) is 5.91 Å². The SMILES string of the molecule is COc1ccc(/C=N\NC(=O)[C@@H](C#N)c2ccccc2)cc1C. The number of hydrogen-bond donors (Lipinski definition) is 1. The number of nitriles is 1. The van der Waals surface area contributed by atoms with Gasteiger partial charge in [-0.15, -0.1) is 0 Å². The van der Waals surface area contributed by atoms with Crippen molar-refractivity contribution in [3.05, 3.63) is 65.2 Å². The zero-order valence-electron chi connectivity index (χ0n) is 13.0. The molecule has 1 amide bonds. The van der Waals surface area contributed by atoms with Gasteiger partial charge < -0.3 is 4.74 Å². The second kappa shape index (κ2) is 7.76. The van der Waals surface area contributed by atoms with Crippen LogP contribution in [0.5, 0.6) is 5.75 Å². The molecule has 2 aromatic carbocycles. The van der Waals surface area contributed by atoms with E-state index in [0.717, 1.165) is 16.9 Å². The molecule has 0 heterocycles. The molecule has 0 spiro atoms. The van der Waals surface area contributed by atoms with Crippen molar-refractivity contribution in [2.24, 2.45) is 5.10 Å². The molecule has 0 aliphatic rings. The molecule has 0 saturated carbocycles. The Kier molecular flexibility index (Phi) is 5.48. The van der Waals surface area contributed by atoms with Crippen LogP contribution >= 0.6 is 0 Å². The predicted octanol–water partition coefficient (Wildman–Crippen LogP) is 2.76. The predicted molar refractivity (Wildman–Crippen MR) is 88.3 cm³/mol. The maximum atomic E-state index is 12.1. The molecule has 116 valence electrons. The highest BCUT2D eigenvalue weighted by Crippen LogP contribution is 2.17. The molecule has 23 heavy (non-hydrogen) atoms. The van der Waals surface area contributed by atoms with Crippen LogP contribution in [0, 0.1) is 18.3 Å². The Bertz CT molecular complexity index is 749. The molecule has 0 radical (unpaired) electrons. The normalized spacial score (nSPS) is 11.7. The zero-order chi connectivity index (χ0) is 16.7. The van der Waals surface area contributed by atoms with Crippen molar-refractivity contribution in [3.63, 3.8) is 0 Å². The lowest BCUT2D eigenvalue weighted by molar-refractivity contribution is -0.121. The minimum Gasteiger partial charge on any atom is -0.496 e. The Morgan fingerprint density at radius 1 is 1.30 bits per heavy atom. The van der Waals surface area contributed by atoms with Crippen molar-refractivity contribution < 1.29 is 9.53 Å². The Labute approximate surface area is 135 Å². The second-order valence-electron chi connectivity index (χ2n) is 4.94. The summed E-state index contributed by atoms with van der Waals surface area (Å²) >= 11 is 0. The molecule has 2 aromatic rings. The minimum atomic E-state index is -0.883. The van der Waals surface area contributed by atoms with Gasteiger partial charge in [-0.05, 0) is 41.8 Å². The Hall–Kier alpha value is -3.13. The maximum Gasteiger partial charge on any atom is 0.261 e. The van der Waals surface area contributed by atoms with E-state index in [1.54, 1.807) is 31.4 Å². The number of nitrogens with zero attached hydrogens (tertiary/aromatic N) is 2. The number of nitrogens with one attached hydrogen (secondary N) is 1. The molecule has 5 heteroatoms. The molecule has 0 saturated heterocycles. The van der Waals surface area contributed by atoms with Gasteiger partial charge in [0.05, 0.1) is 19.4 Å². The fourth-order valence-corrected chi connectivity index (χ4v) is 2.15. The first-order valence-electron chi connectivity index (χ1n) is 7.08. The van der Waals surface area contributed by atoms with Gasteiger partial charge in [-0.2, -0.15) is 10.4 Å². The first-order valence-corrected chi connectivity index (χ1v) is 7.08. The number of carbonyl (C=O) groups excluding carboxylic acids is 1. The molecule has 0 bridgehead atoms. The number of hydrogen-bond acceptors (Lipinski definition) is 4. The largest absolute Gasteiger partial charge is 0.496 e. The van der Waals surface area contributed by atoms with Gasteiger partial charge in [0.15, 0.2) is 5.92 Å². The number of amides is 1. The Morgan fingerprint density at radius 3 is 2.65 bits per heavy atom. The number of ether oxygens (including phenoxy) is 1. The molecule has 2 rings (SSSR count). The van der Waals surface area contributed by atoms with E-state index in [1.165, 1.54) is 6.21 Å². The highest BCUT2D eigenvalue weighted by molar-refractivity contribution is 5.88. The maximum absolute atomic E-state index is 12.1. The van der Waals surface area contributed by atoms with Gasteiger partial charge in [0, 0.05) is 0 Å². The van der Waals surface area contributed by atoms with Crippen LogP contribution in [0.3, 0.4) is 0 Å². The van der Waals surface area contributed by atoms with E-state index in [0.29, 0.717) is 5.56 Å². The zero-order valence-corrected chi connectivity index (χ0v) is 13.0. The van der Waals surface area contributed by atoms with E-state index < -0.39 is 11.8 Å². The molecule has 5 nitrogen and oxygen atoms in total. The Balaban J connectivity index is 2.03. The smallest absolute Gasteiger partial charge is 0.261 e. The van der Waals surface area contributed by atoms with Crippen LogP contribution in [0.4, 0.5) is 0 Å². The lowest BCUT2D eigenvalue weighted by Crippen LogP contribution is -2.24. The summed E-state index contributed by atoms with van der Waals surface area (Å²) in [6.07, 6.45) is 1.53. The van der Waals surface area contributed by atoms with E-state index in [-0.39, 0.29) is 0 Å². The number of rotatable bonds is 5. The molecular formula is C18H17N3O2. The van der Waals surface area contributed by atoms with E-state index >= 15 is 0 Å². The van der Waals surface area contributed by atoms with Crippen molar-refractivity contribution in [1.29, 1.82) is 5.26 Å². The van der Waals surface area contributed by atoms with E-state index in [4.69, 9.17) is 4.74 Å². The highest BCUT2D eigenvalue weighted by atomic mass is 16.5. The number of benzene rings is 2. The van der Waals surface area contributed by atoms with Gasteiger partial charge in [0.2, 0.25) is 0 Å². The van der Waals surface area contributed by atoms with Crippen molar-refractivity contribution >= 4 is 12.1 Å². The average molecular weight is 307 g/mol. The van der Waals surface area contributed by atoms with Gasteiger partial charge in [-0.25, -0.2) is 5.43 Å². The van der Waals surface area contributed by atoms with E-state index in [9.17, 15) is 10.1 Å². The summed E-state index contributed by atoms with van der Waals surface area (Å²) < 4.78 is 5.19. The van der Waals surface area contributed by atoms with Crippen molar-refractivity contribution in [1.82, 2.24) is 5.43 Å². The summed E-state index contributed by atoms with van der Waals surface area (Å²) in [6, 6.07) is 16.4. The van der Waals surface area contributed by atoms with Crippen molar-refractivity contribution in [2.45, 2.75) is 12.8 Å². The third-order valence-corrected chi connectivity index (χ3v) is 3.33. The van der Waals surface area contributed by atoms with Crippen LogP contribution in [0.15, 0.2) is 53.6 Å². The topological polar surface area (TPSA) is 74.5 Å². The molecule has 0 unspecified atom stereocenters. The first kappa shape index (κ1) is 16.2. The number of methoxy groups -OCH3 is 1. The summed E-state index contributed by atoms with van der Waals surface area (Å²) in [7, 11) is 1.61. The summed E-state index contributed by atoms with van der Waals surface area (Å²) in [6.45, 7) is 1.93. The average Bonchev–Trinajstić information content (AvgIpc) is 2.57. The van der Waals surface area contributed by atoms with Crippen LogP contribution in [0.25, 0.3) is 0 Å². The molecule has 0 aliphatic heterocycles. The Morgan fingerprint density at radius 2 is 2.04 bits per heavy atom.